The standard InChI is InChI=1S/C16H27NO3/c1-6-16(2,3)15(18)12(10-17)11-7-8-13(19-4)14(9-11)20-5/h7-9,12,15,18H,6,10,17H2,1-5H3. The van der Waals surface area contributed by atoms with E-state index in [1.54, 1.807) is 14.2 Å². The summed E-state index contributed by atoms with van der Waals surface area (Å²) in [5.41, 5.74) is 6.68. The minimum atomic E-state index is -0.504. The highest BCUT2D eigenvalue weighted by atomic mass is 16.5. The quantitative estimate of drug-likeness (QED) is 0.806. The molecule has 0 amide bonds. The maximum atomic E-state index is 10.6. The van der Waals surface area contributed by atoms with Crippen LogP contribution in [-0.4, -0.2) is 32.0 Å². The molecule has 0 radical (unpaired) electrons. The van der Waals surface area contributed by atoms with Crippen LogP contribution in [0.2, 0.25) is 0 Å². The van der Waals surface area contributed by atoms with Gasteiger partial charge in [-0.25, -0.2) is 0 Å². The molecule has 2 atom stereocenters. The number of aliphatic hydroxyl groups excluding tert-OH is 1. The van der Waals surface area contributed by atoms with Gasteiger partial charge in [0.05, 0.1) is 20.3 Å². The summed E-state index contributed by atoms with van der Waals surface area (Å²) in [5, 5.41) is 10.6. The summed E-state index contributed by atoms with van der Waals surface area (Å²) in [7, 11) is 3.21. The highest BCUT2D eigenvalue weighted by molar-refractivity contribution is 5.44. The second-order valence-electron chi connectivity index (χ2n) is 5.74. The smallest absolute Gasteiger partial charge is 0.160 e. The molecule has 1 aromatic carbocycles. The fourth-order valence-electron chi connectivity index (χ4n) is 2.28. The molecule has 0 spiro atoms. The molecule has 2 unspecified atom stereocenters. The van der Waals surface area contributed by atoms with Crippen molar-refractivity contribution in [2.45, 2.75) is 39.2 Å². The van der Waals surface area contributed by atoms with E-state index in [2.05, 4.69) is 20.8 Å². The van der Waals surface area contributed by atoms with E-state index in [-0.39, 0.29) is 11.3 Å². The molecule has 20 heavy (non-hydrogen) atoms. The Kier molecular flexibility index (Phi) is 5.84. The largest absolute Gasteiger partial charge is 0.493 e. The summed E-state index contributed by atoms with van der Waals surface area (Å²) in [6.45, 7) is 6.58. The second kappa shape index (κ2) is 6.95. The zero-order valence-corrected chi connectivity index (χ0v) is 13.1. The minimum absolute atomic E-state index is 0.121. The summed E-state index contributed by atoms with van der Waals surface area (Å²) in [6.07, 6.45) is 0.383. The van der Waals surface area contributed by atoms with E-state index in [0.717, 1.165) is 12.0 Å². The van der Waals surface area contributed by atoms with Crippen LogP contribution in [0.4, 0.5) is 0 Å². The number of hydrogen-bond acceptors (Lipinski definition) is 4. The Balaban J connectivity index is 3.13. The lowest BCUT2D eigenvalue weighted by Gasteiger charge is -2.35. The van der Waals surface area contributed by atoms with Gasteiger partial charge in [0.1, 0.15) is 0 Å². The molecule has 0 heterocycles. The average Bonchev–Trinajstić information content (AvgIpc) is 2.47. The lowest BCUT2D eigenvalue weighted by Crippen LogP contribution is -2.37. The van der Waals surface area contributed by atoms with Gasteiger partial charge in [0.2, 0.25) is 0 Å². The van der Waals surface area contributed by atoms with Gasteiger partial charge in [-0.15, -0.1) is 0 Å². The predicted octanol–water partition coefficient (Wildman–Crippen LogP) is 2.54. The summed E-state index contributed by atoms with van der Waals surface area (Å²) in [6, 6.07) is 5.68. The Morgan fingerprint density at radius 3 is 2.25 bits per heavy atom. The molecule has 1 rings (SSSR count). The van der Waals surface area contributed by atoms with Gasteiger partial charge in [-0.2, -0.15) is 0 Å². The van der Waals surface area contributed by atoms with Gasteiger partial charge < -0.3 is 20.3 Å². The average molecular weight is 281 g/mol. The van der Waals surface area contributed by atoms with Crippen molar-refractivity contribution in [1.29, 1.82) is 0 Å². The topological polar surface area (TPSA) is 64.7 Å². The molecule has 0 aromatic heterocycles. The van der Waals surface area contributed by atoms with Crippen molar-refractivity contribution >= 4 is 0 Å². The molecule has 0 saturated carbocycles. The van der Waals surface area contributed by atoms with Crippen molar-refractivity contribution in [3.8, 4) is 11.5 Å². The number of benzene rings is 1. The van der Waals surface area contributed by atoms with Crippen LogP contribution >= 0.6 is 0 Å². The monoisotopic (exact) mass is 281 g/mol. The van der Waals surface area contributed by atoms with Gasteiger partial charge >= 0.3 is 0 Å². The number of rotatable bonds is 7. The lowest BCUT2D eigenvalue weighted by molar-refractivity contribution is 0.0264. The zero-order chi connectivity index (χ0) is 15.3. The minimum Gasteiger partial charge on any atom is -0.493 e. The first-order valence-electron chi connectivity index (χ1n) is 7.01. The maximum absolute atomic E-state index is 10.6. The predicted molar refractivity (Wildman–Crippen MR) is 81.4 cm³/mol. The summed E-state index contributed by atoms with van der Waals surface area (Å²) in [4.78, 5) is 0. The van der Waals surface area contributed by atoms with Crippen LogP contribution in [-0.2, 0) is 0 Å². The molecule has 0 bridgehead atoms. The molecule has 0 aliphatic heterocycles. The van der Waals surface area contributed by atoms with Crippen LogP contribution in [0.5, 0.6) is 11.5 Å². The number of hydrogen-bond donors (Lipinski definition) is 2. The van der Waals surface area contributed by atoms with Crippen LogP contribution in [0.3, 0.4) is 0 Å². The van der Waals surface area contributed by atoms with Crippen molar-refractivity contribution in [3.05, 3.63) is 23.8 Å². The van der Waals surface area contributed by atoms with Gasteiger partial charge in [0.15, 0.2) is 11.5 Å². The van der Waals surface area contributed by atoms with Crippen LogP contribution in [0.25, 0.3) is 0 Å². The van der Waals surface area contributed by atoms with Crippen LogP contribution in [0.15, 0.2) is 18.2 Å². The van der Waals surface area contributed by atoms with Gasteiger partial charge in [-0.05, 0) is 29.5 Å². The zero-order valence-electron chi connectivity index (χ0n) is 13.1. The molecule has 0 fully saturated rings. The third kappa shape index (κ3) is 3.44. The molecular weight excluding hydrogens is 254 g/mol. The van der Waals surface area contributed by atoms with Crippen LogP contribution in [0.1, 0.15) is 38.7 Å². The Morgan fingerprint density at radius 2 is 1.80 bits per heavy atom. The third-order valence-corrected chi connectivity index (χ3v) is 4.18. The molecule has 0 aliphatic carbocycles. The molecule has 4 heteroatoms. The van der Waals surface area contributed by atoms with Crippen LogP contribution < -0.4 is 15.2 Å². The number of aliphatic hydroxyl groups is 1. The molecule has 4 nitrogen and oxygen atoms in total. The molecule has 114 valence electrons. The molecular formula is C16H27NO3. The molecule has 3 N–H and O–H groups in total. The Labute approximate surface area is 121 Å². The molecule has 0 aliphatic rings. The number of methoxy groups -OCH3 is 2. The van der Waals surface area contributed by atoms with E-state index in [1.165, 1.54) is 0 Å². The van der Waals surface area contributed by atoms with Crippen molar-refractivity contribution in [2.24, 2.45) is 11.1 Å². The van der Waals surface area contributed by atoms with E-state index in [0.29, 0.717) is 18.0 Å². The fraction of sp³-hybridized carbons (Fsp3) is 0.625. The Morgan fingerprint density at radius 1 is 1.20 bits per heavy atom. The van der Waals surface area contributed by atoms with Gasteiger partial charge in [0.25, 0.3) is 0 Å². The lowest BCUT2D eigenvalue weighted by atomic mass is 9.75. The first kappa shape index (κ1) is 16.8. The van der Waals surface area contributed by atoms with Gasteiger partial charge in [-0.3, -0.25) is 0 Å². The van der Waals surface area contributed by atoms with Crippen molar-refractivity contribution < 1.29 is 14.6 Å². The van der Waals surface area contributed by atoms with Crippen LogP contribution in [0, 0.1) is 5.41 Å². The second-order valence-corrected chi connectivity index (χ2v) is 5.74. The molecule has 1 aromatic rings. The first-order valence-corrected chi connectivity index (χ1v) is 7.01. The summed E-state index contributed by atoms with van der Waals surface area (Å²) < 4.78 is 10.6. The highest BCUT2D eigenvalue weighted by Crippen LogP contribution is 2.37. The van der Waals surface area contributed by atoms with E-state index < -0.39 is 6.10 Å². The number of ether oxygens (including phenoxy) is 2. The van der Waals surface area contributed by atoms with E-state index >= 15 is 0 Å². The normalized spacial score (nSPS) is 14.8. The van der Waals surface area contributed by atoms with Crippen molar-refractivity contribution in [3.63, 3.8) is 0 Å². The maximum Gasteiger partial charge on any atom is 0.160 e. The van der Waals surface area contributed by atoms with Gasteiger partial charge in [-0.1, -0.05) is 26.8 Å². The highest BCUT2D eigenvalue weighted by Gasteiger charge is 2.33. The van der Waals surface area contributed by atoms with E-state index in [9.17, 15) is 5.11 Å². The SMILES string of the molecule is CCC(C)(C)C(O)C(CN)c1ccc(OC)c(OC)c1. The Hall–Kier alpha value is -1.26. The fourth-order valence-corrected chi connectivity index (χ4v) is 2.28. The van der Waals surface area contributed by atoms with E-state index in [4.69, 9.17) is 15.2 Å². The van der Waals surface area contributed by atoms with E-state index in [1.807, 2.05) is 18.2 Å². The molecule has 0 saturated heterocycles. The van der Waals surface area contributed by atoms with Gasteiger partial charge in [0, 0.05) is 12.5 Å². The first-order chi connectivity index (χ1) is 9.41. The Bertz CT molecular complexity index is 432. The van der Waals surface area contributed by atoms with Crippen molar-refractivity contribution in [1.82, 2.24) is 0 Å². The summed E-state index contributed by atoms with van der Waals surface area (Å²) in [5.74, 6) is 1.21. The van der Waals surface area contributed by atoms with Crippen molar-refractivity contribution in [2.75, 3.05) is 20.8 Å². The summed E-state index contributed by atoms with van der Waals surface area (Å²) >= 11 is 0. The third-order valence-electron chi connectivity index (χ3n) is 4.18. The number of nitrogens with two attached hydrogens (primary N) is 1.